The molecule has 112 valence electrons. The van der Waals surface area contributed by atoms with Crippen molar-refractivity contribution in [3.8, 4) is 0 Å². The Labute approximate surface area is 118 Å². The molecule has 1 unspecified atom stereocenters. The van der Waals surface area contributed by atoms with Crippen molar-refractivity contribution >= 4 is 17.3 Å². The van der Waals surface area contributed by atoms with Crippen molar-refractivity contribution in [2.24, 2.45) is 0 Å². The Morgan fingerprint density at radius 3 is 2.60 bits per heavy atom. The van der Waals surface area contributed by atoms with E-state index in [9.17, 15) is 10.1 Å². The third-order valence-corrected chi connectivity index (χ3v) is 2.57. The number of hydrogen-bond donors (Lipinski definition) is 2. The van der Waals surface area contributed by atoms with Crippen LogP contribution in [0.25, 0.3) is 0 Å². The highest BCUT2D eigenvalue weighted by molar-refractivity contribution is 5.69. The first-order valence-corrected chi connectivity index (χ1v) is 6.60. The fourth-order valence-electron chi connectivity index (χ4n) is 1.86. The minimum atomic E-state index is -0.456. The van der Waals surface area contributed by atoms with Gasteiger partial charge in [0.25, 0.3) is 0 Å². The predicted octanol–water partition coefficient (Wildman–Crippen LogP) is 1.57. The first kappa shape index (κ1) is 16.1. The summed E-state index contributed by atoms with van der Waals surface area (Å²) < 4.78 is 0. The van der Waals surface area contributed by atoms with Crippen LogP contribution >= 0.6 is 0 Å². The molecule has 1 heterocycles. The van der Waals surface area contributed by atoms with E-state index in [-0.39, 0.29) is 23.4 Å². The third-order valence-electron chi connectivity index (χ3n) is 2.57. The standard InChI is InChI=1S/C12H22N6O2/c1-5-6-13-11-10(18(19)20)12(15-8-14-11)16-9(2)7-17(3)4/h8-9H,5-7H2,1-4H3,(H2,13,14,15,16). The molecule has 0 aliphatic carbocycles. The normalized spacial score (nSPS) is 12.2. The fraction of sp³-hybridized carbons (Fsp3) is 0.667. The highest BCUT2D eigenvalue weighted by atomic mass is 16.6. The lowest BCUT2D eigenvalue weighted by molar-refractivity contribution is -0.383. The van der Waals surface area contributed by atoms with E-state index in [1.807, 2.05) is 32.8 Å². The van der Waals surface area contributed by atoms with Crippen LogP contribution in [0.2, 0.25) is 0 Å². The Kier molecular flexibility index (Phi) is 6.10. The van der Waals surface area contributed by atoms with Gasteiger partial charge >= 0.3 is 5.69 Å². The Balaban J connectivity index is 2.97. The van der Waals surface area contributed by atoms with Gasteiger partial charge in [-0.15, -0.1) is 0 Å². The van der Waals surface area contributed by atoms with E-state index in [2.05, 4.69) is 20.6 Å². The molecule has 0 aliphatic rings. The molecule has 0 amide bonds. The molecule has 0 aliphatic heterocycles. The summed E-state index contributed by atoms with van der Waals surface area (Å²) in [5, 5.41) is 17.3. The smallest absolute Gasteiger partial charge is 0.353 e. The molecular weight excluding hydrogens is 260 g/mol. The first-order chi connectivity index (χ1) is 9.45. The number of hydrogen-bond acceptors (Lipinski definition) is 7. The zero-order chi connectivity index (χ0) is 15.1. The lowest BCUT2D eigenvalue weighted by Gasteiger charge is -2.19. The lowest BCUT2D eigenvalue weighted by atomic mass is 10.3. The summed E-state index contributed by atoms with van der Waals surface area (Å²) >= 11 is 0. The largest absolute Gasteiger partial charge is 0.364 e. The van der Waals surface area contributed by atoms with Crippen molar-refractivity contribution in [2.45, 2.75) is 26.3 Å². The Bertz CT molecular complexity index is 452. The van der Waals surface area contributed by atoms with Crippen LogP contribution in [0, 0.1) is 10.1 Å². The molecule has 8 nitrogen and oxygen atoms in total. The quantitative estimate of drug-likeness (QED) is 0.551. The van der Waals surface area contributed by atoms with Crippen molar-refractivity contribution in [1.82, 2.24) is 14.9 Å². The van der Waals surface area contributed by atoms with E-state index in [1.165, 1.54) is 6.33 Å². The maximum atomic E-state index is 11.2. The molecule has 1 atom stereocenters. The van der Waals surface area contributed by atoms with Gasteiger partial charge < -0.3 is 15.5 Å². The van der Waals surface area contributed by atoms with Gasteiger partial charge in [0.2, 0.25) is 11.6 Å². The number of nitrogens with zero attached hydrogens (tertiary/aromatic N) is 4. The molecule has 0 fully saturated rings. The summed E-state index contributed by atoms with van der Waals surface area (Å²) in [6, 6.07) is 0.0395. The van der Waals surface area contributed by atoms with Crippen molar-refractivity contribution < 1.29 is 4.92 Å². The monoisotopic (exact) mass is 282 g/mol. The van der Waals surface area contributed by atoms with Crippen LogP contribution in [0.3, 0.4) is 0 Å². The number of nitrogens with one attached hydrogen (secondary N) is 2. The van der Waals surface area contributed by atoms with Crippen LogP contribution in [0.1, 0.15) is 20.3 Å². The molecule has 0 saturated carbocycles. The van der Waals surface area contributed by atoms with Crippen molar-refractivity contribution in [3.05, 3.63) is 16.4 Å². The van der Waals surface area contributed by atoms with Crippen LogP contribution in [0.15, 0.2) is 6.33 Å². The maximum Gasteiger partial charge on any atom is 0.353 e. The van der Waals surface area contributed by atoms with Crippen molar-refractivity contribution in [1.29, 1.82) is 0 Å². The van der Waals surface area contributed by atoms with Gasteiger partial charge in [-0.2, -0.15) is 0 Å². The number of nitro groups is 1. The van der Waals surface area contributed by atoms with Crippen LogP contribution in [0.4, 0.5) is 17.3 Å². The van der Waals surface area contributed by atoms with Gasteiger partial charge in [0.05, 0.1) is 4.92 Å². The average molecular weight is 282 g/mol. The Morgan fingerprint density at radius 1 is 1.40 bits per heavy atom. The number of rotatable bonds is 8. The van der Waals surface area contributed by atoms with E-state index in [0.717, 1.165) is 13.0 Å². The zero-order valence-electron chi connectivity index (χ0n) is 12.4. The van der Waals surface area contributed by atoms with Crippen LogP contribution in [0.5, 0.6) is 0 Å². The molecule has 1 rings (SSSR count). The second-order valence-corrected chi connectivity index (χ2v) is 4.91. The van der Waals surface area contributed by atoms with Gasteiger partial charge in [-0.25, -0.2) is 9.97 Å². The van der Waals surface area contributed by atoms with Gasteiger partial charge in [-0.3, -0.25) is 10.1 Å². The van der Waals surface area contributed by atoms with E-state index in [0.29, 0.717) is 6.54 Å². The number of aromatic nitrogens is 2. The summed E-state index contributed by atoms with van der Waals surface area (Å²) in [6.07, 6.45) is 2.19. The van der Waals surface area contributed by atoms with Crippen molar-refractivity contribution in [2.75, 3.05) is 37.8 Å². The van der Waals surface area contributed by atoms with Crippen molar-refractivity contribution in [3.63, 3.8) is 0 Å². The molecule has 1 aromatic rings. The minimum Gasteiger partial charge on any atom is -0.364 e. The summed E-state index contributed by atoms with van der Waals surface area (Å²) in [5.41, 5.74) is -0.105. The van der Waals surface area contributed by atoms with Gasteiger partial charge in [0.15, 0.2) is 0 Å². The minimum absolute atomic E-state index is 0.0395. The summed E-state index contributed by atoms with van der Waals surface area (Å²) in [6.45, 7) is 5.31. The summed E-state index contributed by atoms with van der Waals surface area (Å²) in [4.78, 5) is 20.7. The lowest BCUT2D eigenvalue weighted by Crippen LogP contribution is -2.30. The SMILES string of the molecule is CCCNc1ncnc(NC(C)CN(C)C)c1[N+](=O)[O-]. The average Bonchev–Trinajstić information content (AvgIpc) is 2.34. The molecule has 0 bridgehead atoms. The Morgan fingerprint density at radius 2 is 2.05 bits per heavy atom. The fourth-order valence-corrected chi connectivity index (χ4v) is 1.86. The molecule has 0 spiro atoms. The summed E-state index contributed by atoms with van der Waals surface area (Å²) in [7, 11) is 3.89. The number of likely N-dealkylation sites (N-methyl/N-ethyl adjacent to an activating group) is 1. The highest BCUT2D eigenvalue weighted by Gasteiger charge is 2.23. The highest BCUT2D eigenvalue weighted by Crippen LogP contribution is 2.29. The van der Waals surface area contributed by atoms with Gasteiger partial charge in [0.1, 0.15) is 6.33 Å². The third kappa shape index (κ3) is 4.61. The van der Waals surface area contributed by atoms with Gasteiger partial charge in [-0.05, 0) is 27.4 Å². The topological polar surface area (TPSA) is 96.2 Å². The molecule has 1 aromatic heterocycles. The van der Waals surface area contributed by atoms with E-state index >= 15 is 0 Å². The van der Waals surface area contributed by atoms with Crippen LogP contribution in [-0.4, -0.2) is 53.0 Å². The number of anilines is 2. The first-order valence-electron chi connectivity index (χ1n) is 6.60. The maximum absolute atomic E-state index is 11.2. The molecule has 2 N–H and O–H groups in total. The molecule has 8 heteroatoms. The second-order valence-electron chi connectivity index (χ2n) is 4.91. The Hall–Kier alpha value is -1.96. The van der Waals surface area contributed by atoms with E-state index in [1.54, 1.807) is 0 Å². The molecule has 0 aromatic carbocycles. The zero-order valence-corrected chi connectivity index (χ0v) is 12.4. The van der Waals surface area contributed by atoms with E-state index in [4.69, 9.17) is 0 Å². The van der Waals surface area contributed by atoms with Crippen LogP contribution in [-0.2, 0) is 0 Å². The predicted molar refractivity (Wildman–Crippen MR) is 79.1 cm³/mol. The van der Waals surface area contributed by atoms with Gasteiger partial charge in [0, 0.05) is 19.1 Å². The summed E-state index contributed by atoms with van der Waals surface area (Å²) in [5.74, 6) is 0.504. The molecular formula is C12H22N6O2. The molecule has 20 heavy (non-hydrogen) atoms. The molecule has 0 saturated heterocycles. The van der Waals surface area contributed by atoms with E-state index < -0.39 is 4.92 Å². The molecule has 0 radical (unpaired) electrons. The van der Waals surface area contributed by atoms with Gasteiger partial charge in [-0.1, -0.05) is 6.92 Å². The van der Waals surface area contributed by atoms with Crippen LogP contribution < -0.4 is 10.6 Å². The second kappa shape index (κ2) is 7.59.